The van der Waals surface area contributed by atoms with Crippen LogP contribution < -0.4 is 0 Å². The SMILES string of the molecule is [2H]C1c2ccccc2C(C(OC)c2ccc[nH]2)C1c1ccc[nH]1. The molecule has 1 aliphatic rings. The number of H-pyrrole nitrogens is 2. The van der Waals surface area contributed by atoms with E-state index in [1.54, 1.807) is 7.11 Å². The van der Waals surface area contributed by atoms with Crippen molar-refractivity contribution in [1.82, 2.24) is 9.97 Å². The maximum absolute atomic E-state index is 8.79. The van der Waals surface area contributed by atoms with E-state index in [2.05, 4.69) is 40.3 Å². The highest BCUT2D eigenvalue weighted by molar-refractivity contribution is 5.42. The fourth-order valence-corrected chi connectivity index (χ4v) is 3.63. The first-order valence-corrected chi connectivity index (χ1v) is 7.61. The third-order valence-electron chi connectivity index (χ3n) is 4.59. The summed E-state index contributed by atoms with van der Waals surface area (Å²) in [6, 6.07) is 16.4. The van der Waals surface area contributed by atoms with Crippen LogP contribution in [-0.4, -0.2) is 17.1 Å². The molecule has 0 spiro atoms. The van der Waals surface area contributed by atoms with Crippen molar-refractivity contribution in [2.75, 3.05) is 7.11 Å². The number of nitrogens with one attached hydrogen (secondary N) is 2. The summed E-state index contributed by atoms with van der Waals surface area (Å²) in [7, 11) is 1.75. The first-order valence-electron chi connectivity index (χ1n) is 8.19. The predicted octanol–water partition coefficient (Wildman–Crippen LogP) is 4.15. The minimum absolute atomic E-state index is 0.0515. The fraction of sp³-hybridized carbons (Fsp3) is 0.263. The molecule has 3 nitrogen and oxygen atoms in total. The fourth-order valence-electron chi connectivity index (χ4n) is 3.63. The standard InChI is InChI=1S/C19H20N2O/c1-22-19(17-9-5-11-21-17)18-14-7-3-2-6-13(14)12-15(18)16-8-4-10-20-16/h2-11,15,18-21H,12H2,1H3/i12D. The summed E-state index contributed by atoms with van der Waals surface area (Å²) in [6.07, 6.45) is 3.46. The summed E-state index contributed by atoms with van der Waals surface area (Å²) >= 11 is 0. The van der Waals surface area contributed by atoms with Gasteiger partial charge in [-0.3, -0.25) is 0 Å². The average molecular weight is 293 g/mol. The molecule has 2 heterocycles. The molecule has 4 rings (SSSR count). The Bertz CT molecular complexity index is 767. The summed E-state index contributed by atoms with van der Waals surface area (Å²) in [5.41, 5.74) is 4.47. The molecule has 4 atom stereocenters. The maximum Gasteiger partial charge on any atom is 0.104 e. The average Bonchev–Trinajstić information content (AvgIpc) is 3.31. The number of benzene rings is 1. The Morgan fingerprint density at radius 1 is 1.09 bits per heavy atom. The van der Waals surface area contributed by atoms with Crippen molar-refractivity contribution in [3.05, 3.63) is 83.4 Å². The van der Waals surface area contributed by atoms with E-state index in [4.69, 9.17) is 6.11 Å². The van der Waals surface area contributed by atoms with Gasteiger partial charge < -0.3 is 14.7 Å². The van der Waals surface area contributed by atoms with Gasteiger partial charge in [-0.25, -0.2) is 0 Å². The molecule has 1 aliphatic carbocycles. The van der Waals surface area contributed by atoms with Gasteiger partial charge in [0.25, 0.3) is 0 Å². The predicted molar refractivity (Wildman–Crippen MR) is 87.0 cm³/mol. The molecule has 4 unspecified atom stereocenters. The van der Waals surface area contributed by atoms with Crippen molar-refractivity contribution in [3.63, 3.8) is 0 Å². The Hall–Kier alpha value is -2.26. The molecule has 0 amide bonds. The highest BCUT2D eigenvalue weighted by atomic mass is 16.5. The van der Waals surface area contributed by atoms with E-state index in [1.807, 2.05) is 30.6 Å². The monoisotopic (exact) mass is 293 g/mol. The van der Waals surface area contributed by atoms with E-state index in [1.165, 1.54) is 5.56 Å². The van der Waals surface area contributed by atoms with Gasteiger partial charge in [0.1, 0.15) is 6.10 Å². The van der Waals surface area contributed by atoms with Gasteiger partial charge >= 0.3 is 0 Å². The molecule has 2 N–H and O–H groups in total. The number of aromatic amines is 2. The number of fused-ring (bicyclic) bond motifs is 1. The molecule has 0 aliphatic heterocycles. The molecule has 0 saturated carbocycles. The normalized spacial score (nSPS) is 25.7. The zero-order chi connectivity index (χ0) is 15.8. The molecular formula is C19H20N2O. The smallest absolute Gasteiger partial charge is 0.104 e. The van der Waals surface area contributed by atoms with Crippen molar-refractivity contribution in [3.8, 4) is 0 Å². The van der Waals surface area contributed by atoms with Crippen LogP contribution in [0.4, 0.5) is 0 Å². The van der Waals surface area contributed by atoms with Crippen LogP contribution in [0.25, 0.3) is 0 Å². The van der Waals surface area contributed by atoms with Crippen LogP contribution in [0.3, 0.4) is 0 Å². The third-order valence-corrected chi connectivity index (χ3v) is 4.59. The molecule has 2 aromatic heterocycles. The van der Waals surface area contributed by atoms with E-state index in [0.717, 1.165) is 17.0 Å². The molecule has 3 aromatic rings. The lowest BCUT2D eigenvalue weighted by Crippen LogP contribution is -2.18. The Kier molecular flexibility index (Phi) is 3.08. The van der Waals surface area contributed by atoms with E-state index >= 15 is 0 Å². The molecule has 0 radical (unpaired) electrons. The van der Waals surface area contributed by atoms with Crippen LogP contribution in [0.5, 0.6) is 0 Å². The molecule has 22 heavy (non-hydrogen) atoms. The molecule has 0 saturated heterocycles. The lowest BCUT2D eigenvalue weighted by Gasteiger charge is -2.27. The van der Waals surface area contributed by atoms with Crippen LogP contribution in [0, 0.1) is 0 Å². The Labute approximate surface area is 131 Å². The van der Waals surface area contributed by atoms with E-state index in [0.29, 0.717) is 0 Å². The summed E-state index contributed by atoms with van der Waals surface area (Å²) in [4.78, 5) is 6.59. The lowest BCUT2D eigenvalue weighted by molar-refractivity contribution is 0.0697. The minimum atomic E-state index is -0.289. The Morgan fingerprint density at radius 2 is 1.91 bits per heavy atom. The second kappa shape index (κ2) is 5.50. The van der Waals surface area contributed by atoms with Crippen LogP contribution >= 0.6 is 0 Å². The summed E-state index contributed by atoms with van der Waals surface area (Å²) in [6.45, 7) is 0. The second-order valence-electron chi connectivity index (χ2n) is 5.75. The highest BCUT2D eigenvalue weighted by Crippen LogP contribution is 2.50. The summed E-state index contributed by atoms with van der Waals surface area (Å²) in [5.74, 6) is 0.159. The Balaban J connectivity index is 1.86. The summed E-state index contributed by atoms with van der Waals surface area (Å²) in [5, 5.41) is 0. The first kappa shape index (κ1) is 12.3. The van der Waals surface area contributed by atoms with E-state index < -0.39 is 0 Å². The second-order valence-corrected chi connectivity index (χ2v) is 5.75. The van der Waals surface area contributed by atoms with Crippen molar-refractivity contribution in [1.29, 1.82) is 0 Å². The number of hydrogen-bond donors (Lipinski definition) is 2. The number of aromatic nitrogens is 2. The molecule has 0 bridgehead atoms. The highest BCUT2D eigenvalue weighted by Gasteiger charge is 2.40. The molecule has 0 fully saturated rings. The first-order chi connectivity index (χ1) is 11.3. The quantitative estimate of drug-likeness (QED) is 0.745. The molecule has 112 valence electrons. The molecule has 3 heteroatoms. The van der Waals surface area contributed by atoms with Crippen molar-refractivity contribution in [2.24, 2.45) is 0 Å². The van der Waals surface area contributed by atoms with Crippen LogP contribution in [0.2, 0.25) is 0 Å². The molecular weight excluding hydrogens is 272 g/mol. The van der Waals surface area contributed by atoms with Crippen molar-refractivity contribution in [2.45, 2.75) is 24.3 Å². The number of rotatable bonds is 4. The van der Waals surface area contributed by atoms with Gasteiger partial charge in [-0.1, -0.05) is 24.3 Å². The van der Waals surface area contributed by atoms with Crippen LogP contribution in [0.1, 0.15) is 41.8 Å². The third kappa shape index (κ3) is 2.09. The van der Waals surface area contributed by atoms with E-state index in [-0.39, 0.29) is 24.3 Å². The molecule has 1 aromatic carbocycles. The minimum Gasteiger partial charge on any atom is -0.375 e. The van der Waals surface area contributed by atoms with Crippen molar-refractivity contribution >= 4 is 0 Å². The van der Waals surface area contributed by atoms with Crippen LogP contribution in [0.15, 0.2) is 60.9 Å². The lowest BCUT2D eigenvalue weighted by atomic mass is 9.84. The number of hydrogen-bond acceptors (Lipinski definition) is 1. The topological polar surface area (TPSA) is 40.8 Å². The zero-order valence-corrected chi connectivity index (χ0v) is 12.5. The number of methoxy groups -OCH3 is 1. The van der Waals surface area contributed by atoms with Gasteiger partial charge in [0.05, 0.1) is 0 Å². The largest absolute Gasteiger partial charge is 0.375 e. The van der Waals surface area contributed by atoms with Gasteiger partial charge in [-0.15, -0.1) is 0 Å². The van der Waals surface area contributed by atoms with Gasteiger partial charge in [0.15, 0.2) is 0 Å². The Morgan fingerprint density at radius 3 is 2.64 bits per heavy atom. The zero-order valence-electron chi connectivity index (χ0n) is 13.5. The maximum atomic E-state index is 8.79. The van der Waals surface area contributed by atoms with Gasteiger partial charge in [0, 0.05) is 44.1 Å². The number of ether oxygens (including phenoxy) is 1. The van der Waals surface area contributed by atoms with Gasteiger partial charge in [-0.05, 0) is 41.8 Å². The van der Waals surface area contributed by atoms with Gasteiger partial charge in [0.2, 0.25) is 0 Å². The van der Waals surface area contributed by atoms with Gasteiger partial charge in [-0.2, -0.15) is 0 Å². The van der Waals surface area contributed by atoms with Crippen molar-refractivity contribution < 1.29 is 6.11 Å². The summed E-state index contributed by atoms with van der Waals surface area (Å²) < 4.78 is 14.7. The van der Waals surface area contributed by atoms with E-state index in [9.17, 15) is 0 Å². The van der Waals surface area contributed by atoms with Crippen LogP contribution in [-0.2, 0) is 11.1 Å².